The van der Waals surface area contributed by atoms with Crippen LogP contribution in [0.3, 0.4) is 0 Å². The average molecular weight is 376 g/mol. The zero-order valence-corrected chi connectivity index (χ0v) is 14.7. The predicted octanol–water partition coefficient (Wildman–Crippen LogP) is 1.51. The number of aromatic nitrogens is 5. The molecule has 0 bridgehead atoms. The Morgan fingerprint density at radius 2 is 2.00 bits per heavy atom. The van der Waals surface area contributed by atoms with E-state index in [1.54, 1.807) is 35.4 Å². The SMILES string of the molecule is O=C(NCCn1nc(-n2ccnc2)ccc1=O)c1cc(-c2ccccc2)on1. The van der Waals surface area contributed by atoms with Crippen LogP contribution < -0.4 is 10.9 Å². The smallest absolute Gasteiger partial charge is 0.273 e. The fourth-order valence-electron chi connectivity index (χ4n) is 2.62. The van der Waals surface area contributed by atoms with Crippen LogP contribution in [-0.4, -0.2) is 36.9 Å². The molecular formula is C19H16N6O3. The summed E-state index contributed by atoms with van der Waals surface area (Å²) in [7, 11) is 0. The summed E-state index contributed by atoms with van der Waals surface area (Å²) in [6.07, 6.45) is 4.95. The van der Waals surface area contributed by atoms with Gasteiger partial charge in [-0.05, 0) is 6.07 Å². The molecule has 4 aromatic rings. The molecule has 9 heteroatoms. The van der Waals surface area contributed by atoms with Crippen molar-refractivity contribution in [1.29, 1.82) is 0 Å². The summed E-state index contributed by atoms with van der Waals surface area (Å²) in [5, 5.41) is 10.8. The van der Waals surface area contributed by atoms with E-state index in [9.17, 15) is 9.59 Å². The van der Waals surface area contributed by atoms with Crippen LogP contribution in [0.25, 0.3) is 17.1 Å². The van der Waals surface area contributed by atoms with Crippen molar-refractivity contribution in [3.63, 3.8) is 0 Å². The number of amides is 1. The molecule has 3 aromatic heterocycles. The number of benzene rings is 1. The van der Waals surface area contributed by atoms with Gasteiger partial charge in [0.15, 0.2) is 17.3 Å². The molecule has 0 saturated heterocycles. The summed E-state index contributed by atoms with van der Waals surface area (Å²) >= 11 is 0. The minimum Gasteiger partial charge on any atom is -0.355 e. The van der Waals surface area contributed by atoms with E-state index in [0.717, 1.165) is 5.56 Å². The Bertz CT molecular complexity index is 1130. The Balaban J connectivity index is 1.39. The number of imidazole rings is 1. The minimum absolute atomic E-state index is 0.173. The van der Waals surface area contributed by atoms with Gasteiger partial charge in [-0.3, -0.25) is 14.2 Å². The second-order valence-corrected chi connectivity index (χ2v) is 5.92. The maximum Gasteiger partial charge on any atom is 0.273 e. The molecule has 0 aliphatic carbocycles. The van der Waals surface area contributed by atoms with Gasteiger partial charge in [-0.15, -0.1) is 0 Å². The number of nitrogens with one attached hydrogen (secondary N) is 1. The lowest BCUT2D eigenvalue weighted by molar-refractivity contribution is 0.0943. The predicted molar refractivity (Wildman–Crippen MR) is 99.9 cm³/mol. The molecule has 1 amide bonds. The maximum atomic E-state index is 12.3. The largest absolute Gasteiger partial charge is 0.355 e. The van der Waals surface area contributed by atoms with Gasteiger partial charge in [0.1, 0.15) is 6.33 Å². The van der Waals surface area contributed by atoms with Crippen LogP contribution in [0.15, 0.2) is 76.6 Å². The van der Waals surface area contributed by atoms with Gasteiger partial charge in [0.25, 0.3) is 11.5 Å². The molecule has 1 N–H and O–H groups in total. The summed E-state index contributed by atoms with van der Waals surface area (Å²) in [6.45, 7) is 0.434. The Morgan fingerprint density at radius 3 is 2.79 bits per heavy atom. The molecule has 28 heavy (non-hydrogen) atoms. The zero-order chi connectivity index (χ0) is 19.3. The van der Waals surface area contributed by atoms with Gasteiger partial charge in [0, 0.05) is 36.6 Å². The van der Waals surface area contributed by atoms with Gasteiger partial charge in [-0.1, -0.05) is 35.5 Å². The summed E-state index contributed by atoms with van der Waals surface area (Å²) < 4.78 is 8.20. The number of hydrogen-bond acceptors (Lipinski definition) is 6. The van der Waals surface area contributed by atoms with Gasteiger partial charge < -0.3 is 9.84 Å². The van der Waals surface area contributed by atoms with Crippen LogP contribution >= 0.6 is 0 Å². The molecule has 0 saturated carbocycles. The number of rotatable bonds is 6. The highest BCUT2D eigenvalue weighted by molar-refractivity contribution is 5.93. The quantitative estimate of drug-likeness (QED) is 0.547. The van der Waals surface area contributed by atoms with Gasteiger partial charge in [-0.25, -0.2) is 9.67 Å². The monoisotopic (exact) mass is 376 g/mol. The summed E-state index contributed by atoms with van der Waals surface area (Å²) in [5.41, 5.74) is 0.748. The second-order valence-electron chi connectivity index (χ2n) is 5.92. The van der Waals surface area contributed by atoms with Crippen molar-refractivity contribution < 1.29 is 9.32 Å². The molecule has 1 aromatic carbocycles. The van der Waals surface area contributed by atoms with Crippen molar-refractivity contribution in [2.24, 2.45) is 0 Å². The molecule has 3 heterocycles. The summed E-state index contributed by atoms with van der Waals surface area (Å²) in [6, 6.07) is 14.0. The van der Waals surface area contributed by atoms with Crippen molar-refractivity contribution >= 4 is 5.91 Å². The molecule has 4 rings (SSSR count). The van der Waals surface area contributed by atoms with Crippen LogP contribution in [0.4, 0.5) is 0 Å². The maximum absolute atomic E-state index is 12.3. The van der Waals surface area contributed by atoms with Gasteiger partial charge >= 0.3 is 0 Å². The summed E-state index contributed by atoms with van der Waals surface area (Å²) in [5.74, 6) is 0.689. The van der Waals surface area contributed by atoms with Crippen molar-refractivity contribution in [2.45, 2.75) is 6.54 Å². The molecule has 0 fully saturated rings. The standard InChI is InChI=1S/C19H16N6O3/c26-18-7-6-17(24-10-8-20-13-24)22-25(18)11-9-21-19(27)15-12-16(28-23-15)14-4-2-1-3-5-14/h1-8,10,12-13H,9,11H2,(H,21,27). The lowest BCUT2D eigenvalue weighted by atomic mass is 10.1. The second kappa shape index (κ2) is 7.70. The lowest BCUT2D eigenvalue weighted by Crippen LogP contribution is -2.32. The van der Waals surface area contributed by atoms with E-state index in [-0.39, 0.29) is 30.2 Å². The van der Waals surface area contributed by atoms with Crippen LogP contribution in [0.5, 0.6) is 0 Å². The minimum atomic E-state index is -0.384. The fraction of sp³-hybridized carbons (Fsp3) is 0.105. The number of hydrogen-bond donors (Lipinski definition) is 1. The molecule has 0 aliphatic rings. The first-order valence-corrected chi connectivity index (χ1v) is 8.57. The zero-order valence-electron chi connectivity index (χ0n) is 14.7. The number of carbonyl (C=O) groups excluding carboxylic acids is 1. The topological polar surface area (TPSA) is 108 Å². The molecule has 0 unspecified atom stereocenters. The lowest BCUT2D eigenvalue weighted by Gasteiger charge is -2.07. The molecule has 0 radical (unpaired) electrons. The van der Waals surface area contributed by atoms with Crippen LogP contribution in [-0.2, 0) is 6.54 Å². The van der Waals surface area contributed by atoms with E-state index in [1.165, 1.54) is 10.7 Å². The Kier molecular flexibility index (Phi) is 4.79. The van der Waals surface area contributed by atoms with Crippen LogP contribution in [0.2, 0.25) is 0 Å². The average Bonchev–Trinajstić information content (AvgIpc) is 3.42. The first-order chi connectivity index (χ1) is 13.7. The Hall–Kier alpha value is -4.01. The van der Waals surface area contributed by atoms with E-state index in [1.807, 2.05) is 30.3 Å². The number of carbonyl (C=O) groups is 1. The highest BCUT2D eigenvalue weighted by Gasteiger charge is 2.13. The normalized spacial score (nSPS) is 10.7. The van der Waals surface area contributed by atoms with E-state index < -0.39 is 0 Å². The first-order valence-electron chi connectivity index (χ1n) is 8.57. The third-order valence-corrected chi connectivity index (χ3v) is 4.03. The summed E-state index contributed by atoms with van der Waals surface area (Å²) in [4.78, 5) is 28.2. The molecule has 0 atom stereocenters. The van der Waals surface area contributed by atoms with Gasteiger partial charge in [0.05, 0.1) is 6.54 Å². The molecular weight excluding hydrogens is 360 g/mol. The highest BCUT2D eigenvalue weighted by Crippen LogP contribution is 2.19. The van der Waals surface area contributed by atoms with Gasteiger partial charge in [0.2, 0.25) is 0 Å². The van der Waals surface area contributed by atoms with E-state index in [4.69, 9.17) is 4.52 Å². The molecule has 140 valence electrons. The molecule has 0 spiro atoms. The van der Waals surface area contributed by atoms with Gasteiger partial charge in [-0.2, -0.15) is 5.10 Å². The molecule has 9 nitrogen and oxygen atoms in total. The highest BCUT2D eigenvalue weighted by atomic mass is 16.5. The van der Waals surface area contributed by atoms with Crippen molar-refractivity contribution in [3.05, 3.63) is 83.3 Å². The third kappa shape index (κ3) is 3.73. The Labute approximate surface area is 159 Å². The Morgan fingerprint density at radius 1 is 1.14 bits per heavy atom. The number of nitrogens with zero attached hydrogens (tertiary/aromatic N) is 5. The van der Waals surface area contributed by atoms with Crippen molar-refractivity contribution in [1.82, 2.24) is 29.8 Å². The first kappa shape index (κ1) is 17.4. The van der Waals surface area contributed by atoms with Crippen molar-refractivity contribution in [3.8, 4) is 17.1 Å². The van der Waals surface area contributed by atoms with E-state index >= 15 is 0 Å². The molecule has 0 aliphatic heterocycles. The third-order valence-electron chi connectivity index (χ3n) is 4.03. The van der Waals surface area contributed by atoms with Crippen LogP contribution in [0, 0.1) is 0 Å². The van der Waals surface area contributed by atoms with E-state index in [2.05, 4.69) is 20.6 Å². The van der Waals surface area contributed by atoms with Crippen LogP contribution in [0.1, 0.15) is 10.5 Å². The van der Waals surface area contributed by atoms with Crippen molar-refractivity contribution in [2.75, 3.05) is 6.54 Å². The fourth-order valence-corrected chi connectivity index (χ4v) is 2.62. The van der Waals surface area contributed by atoms with E-state index in [0.29, 0.717) is 11.6 Å².